The van der Waals surface area contributed by atoms with E-state index in [-0.39, 0.29) is 0 Å². The molecular formula is C18H32O. The fraction of sp³-hybridized carbons (Fsp3) is 0.889. The molecule has 110 valence electrons. The maximum Gasteiger partial charge on any atom is 0.0575 e. The van der Waals surface area contributed by atoms with Crippen molar-refractivity contribution in [1.29, 1.82) is 0 Å². The van der Waals surface area contributed by atoms with Gasteiger partial charge in [0.2, 0.25) is 0 Å². The molecular weight excluding hydrogens is 232 g/mol. The molecule has 2 aliphatic carbocycles. The second-order valence-electron chi connectivity index (χ2n) is 6.50. The van der Waals surface area contributed by atoms with E-state index in [1.807, 2.05) is 0 Å². The minimum Gasteiger partial charge on any atom is -0.379 e. The number of hydrogen-bond acceptors (Lipinski definition) is 1. The van der Waals surface area contributed by atoms with Crippen molar-refractivity contribution < 1.29 is 4.74 Å². The molecule has 2 fully saturated rings. The summed E-state index contributed by atoms with van der Waals surface area (Å²) in [6.45, 7) is 5.25. The highest BCUT2D eigenvalue weighted by molar-refractivity contribution is 4.92. The maximum absolute atomic E-state index is 5.77. The van der Waals surface area contributed by atoms with Crippen LogP contribution in [0.25, 0.3) is 0 Å². The van der Waals surface area contributed by atoms with Crippen molar-refractivity contribution in [3.05, 3.63) is 12.2 Å². The highest BCUT2D eigenvalue weighted by atomic mass is 16.5. The van der Waals surface area contributed by atoms with Gasteiger partial charge in [0, 0.05) is 6.61 Å². The first-order valence-corrected chi connectivity index (χ1v) is 8.61. The molecule has 0 N–H and O–H groups in total. The average molecular weight is 264 g/mol. The van der Waals surface area contributed by atoms with Gasteiger partial charge in [0.15, 0.2) is 0 Å². The Kier molecular flexibility index (Phi) is 6.43. The van der Waals surface area contributed by atoms with Crippen LogP contribution < -0.4 is 0 Å². The van der Waals surface area contributed by atoms with Crippen LogP contribution in [0.2, 0.25) is 0 Å². The van der Waals surface area contributed by atoms with Gasteiger partial charge in [-0.3, -0.25) is 0 Å². The van der Waals surface area contributed by atoms with Crippen molar-refractivity contribution in [2.45, 2.75) is 77.7 Å². The first-order valence-electron chi connectivity index (χ1n) is 8.61. The Morgan fingerprint density at radius 1 is 0.842 bits per heavy atom. The molecule has 0 spiro atoms. The Morgan fingerprint density at radius 3 is 1.95 bits per heavy atom. The van der Waals surface area contributed by atoms with Crippen molar-refractivity contribution in [3.63, 3.8) is 0 Å². The van der Waals surface area contributed by atoms with Crippen LogP contribution in [0.15, 0.2) is 12.2 Å². The molecule has 0 atom stereocenters. The fourth-order valence-electron chi connectivity index (χ4n) is 4.10. The lowest BCUT2D eigenvalue weighted by atomic mass is 9.70. The van der Waals surface area contributed by atoms with Crippen LogP contribution in [0.3, 0.4) is 0 Å². The highest BCUT2D eigenvalue weighted by Crippen LogP contribution is 2.40. The van der Waals surface area contributed by atoms with Gasteiger partial charge in [-0.05, 0) is 82.5 Å². The minimum absolute atomic E-state index is 0.574. The molecule has 0 saturated heterocycles. The number of hydrogen-bond donors (Lipinski definition) is 0. The summed E-state index contributed by atoms with van der Waals surface area (Å²) in [5, 5.41) is 0. The van der Waals surface area contributed by atoms with Crippen molar-refractivity contribution in [1.82, 2.24) is 0 Å². The van der Waals surface area contributed by atoms with Crippen LogP contribution in [-0.2, 0) is 4.74 Å². The summed E-state index contributed by atoms with van der Waals surface area (Å²) in [6, 6.07) is 0. The molecule has 0 aromatic heterocycles. The van der Waals surface area contributed by atoms with Crippen LogP contribution in [0.1, 0.15) is 71.6 Å². The van der Waals surface area contributed by atoms with Crippen molar-refractivity contribution in [3.8, 4) is 0 Å². The molecule has 0 heterocycles. The second kappa shape index (κ2) is 8.09. The first-order chi connectivity index (χ1) is 9.33. The van der Waals surface area contributed by atoms with E-state index >= 15 is 0 Å². The molecule has 0 bridgehead atoms. The summed E-state index contributed by atoms with van der Waals surface area (Å²) in [6.07, 6.45) is 17.9. The Hall–Kier alpha value is -0.300. The lowest BCUT2D eigenvalue weighted by molar-refractivity contribution is 0.0142. The van der Waals surface area contributed by atoms with E-state index in [2.05, 4.69) is 26.0 Å². The summed E-state index contributed by atoms with van der Waals surface area (Å²) in [5.74, 6) is 2.91. The molecule has 0 radical (unpaired) electrons. The smallest absolute Gasteiger partial charge is 0.0575 e. The number of allylic oxidation sites excluding steroid dienone is 2. The van der Waals surface area contributed by atoms with E-state index in [1.54, 1.807) is 0 Å². The molecule has 0 unspecified atom stereocenters. The monoisotopic (exact) mass is 264 g/mol. The van der Waals surface area contributed by atoms with E-state index in [4.69, 9.17) is 4.74 Å². The van der Waals surface area contributed by atoms with E-state index in [9.17, 15) is 0 Å². The topological polar surface area (TPSA) is 9.23 Å². The van der Waals surface area contributed by atoms with Gasteiger partial charge < -0.3 is 4.74 Å². The summed E-state index contributed by atoms with van der Waals surface area (Å²) in [5.41, 5.74) is 0. The average Bonchev–Trinajstić information content (AvgIpc) is 2.47. The van der Waals surface area contributed by atoms with Crippen LogP contribution >= 0.6 is 0 Å². The van der Waals surface area contributed by atoms with Gasteiger partial charge in [-0.2, -0.15) is 0 Å². The quantitative estimate of drug-likeness (QED) is 0.608. The predicted molar refractivity (Wildman–Crippen MR) is 82.3 cm³/mol. The summed E-state index contributed by atoms with van der Waals surface area (Å²) in [7, 11) is 0. The third-order valence-electron chi connectivity index (χ3n) is 5.25. The van der Waals surface area contributed by atoms with Crippen molar-refractivity contribution in [2.75, 3.05) is 6.61 Å². The Labute approximate surface area is 119 Å². The van der Waals surface area contributed by atoms with Crippen molar-refractivity contribution in [2.24, 2.45) is 17.8 Å². The SMILES string of the molecule is CCC=C[C@H]1CC[C@H]([C@H]2CC[C@H](OCC)CC2)CC1. The molecule has 1 nitrogen and oxygen atoms in total. The number of rotatable bonds is 5. The highest BCUT2D eigenvalue weighted by Gasteiger charge is 2.30. The Balaban J connectivity index is 1.69. The minimum atomic E-state index is 0.574. The van der Waals surface area contributed by atoms with Gasteiger partial charge in [0.25, 0.3) is 0 Å². The summed E-state index contributed by atoms with van der Waals surface area (Å²) < 4.78 is 5.77. The van der Waals surface area contributed by atoms with Crippen LogP contribution in [0.5, 0.6) is 0 Å². The molecule has 0 amide bonds. The Morgan fingerprint density at radius 2 is 1.42 bits per heavy atom. The summed E-state index contributed by atoms with van der Waals surface area (Å²) in [4.78, 5) is 0. The molecule has 1 heteroatoms. The van der Waals surface area contributed by atoms with Crippen LogP contribution in [-0.4, -0.2) is 12.7 Å². The largest absolute Gasteiger partial charge is 0.379 e. The fourth-order valence-corrected chi connectivity index (χ4v) is 4.10. The normalized spacial score (nSPS) is 36.7. The molecule has 19 heavy (non-hydrogen) atoms. The zero-order chi connectivity index (χ0) is 13.5. The van der Waals surface area contributed by atoms with Crippen LogP contribution in [0, 0.1) is 17.8 Å². The van der Waals surface area contributed by atoms with Crippen molar-refractivity contribution >= 4 is 0 Å². The lowest BCUT2D eigenvalue weighted by Gasteiger charge is -2.37. The Bertz CT molecular complexity index is 255. The third-order valence-corrected chi connectivity index (χ3v) is 5.25. The number of ether oxygens (including phenoxy) is 1. The van der Waals surface area contributed by atoms with E-state index in [0.29, 0.717) is 6.10 Å². The third kappa shape index (κ3) is 4.63. The van der Waals surface area contributed by atoms with Gasteiger partial charge in [-0.1, -0.05) is 19.1 Å². The van der Waals surface area contributed by atoms with E-state index in [0.717, 1.165) is 24.4 Å². The van der Waals surface area contributed by atoms with Gasteiger partial charge in [0.05, 0.1) is 6.10 Å². The molecule has 0 aliphatic heterocycles. The summed E-state index contributed by atoms with van der Waals surface area (Å²) >= 11 is 0. The molecule has 2 aliphatic rings. The zero-order valence-electron chi connectivity index (χ0n) is 12.9. The molecule has 2 saturated carbocycles. The second-order valence-corrected chi connectivity index (χ2v) is 6.50. The van der Waals surface area contributed by atoms with E-state index < -0.39 is 0 Å². The van der Waals surface area contributed by atoms with Gasteiger partial charge in [-0.15, -0.1) is 0 Å². The predicted octanol–water partition coefficient (Wildman–Crippen LogP) is 5.35. The van der Waals surface area contributed by atoms with Crippen LogP contribution in [0.4, 0.5) is 0 Å². The lowest BCUT2D eigenvalue weighted by Crippen LogP contribution is -2.28. The maximum atomic E-state index is 5.77. The molecule has 0 aromatic carbocycles. The van der Waals surface area contributed by atoms with Gasteiger partial charge in [0.1, 0.15) is 0 Å². The van der Waals surface area contributed by atoms with E-state index in [1.165, 1.54) is 57.8 Å². The zero-order valence-corrected chi connectivity index (χ0v) is 12.9. The molecule has 2 rings (SSSR count). The van der Waals surface area contributed by atoms with Gasteiger partial charge >= 0.3 is 0 Å². The first kappa shape index (κ1) is 15.1. The standard InChI is InChI=1S/C18H32O/c1-3-5-6-15-7-9-16(10-8-15)17-11-13-18(14-12-17)19-4-2/h5-6,15-18H,3-4,7-14H2,1-2H3/t15-,16-,17-,18-. The molecule has 0 aromatic rings. The van der Waals surface area contributed by atoms with Gasteiger partial charge in [-0.25, -0.2) is 0 Å².